The Hall–Kier alpha value is -0.810. The Labute approximate surface area is 141 Å². The van der Waals surface area contributed by atoms with E-state index in [9.17, 15) is 4.79 Å². The summed E-state index contributed by atoms with van der Waals surface area (Å²) in [6.45, 7) is 10.4. The standard InChI is InChI=1S/C18H35N3O2/c1-13(14-8-7-11-21(5)12-14)19-15-9-6-10-16(15)20-17(22)23-18(2,3)4/h13-16,19H,6-12H2,1-5H3,(H,20,22). The van der Waals surface area contributed by atoms with Crippen molar-refractivity contribution in [2.24, 2.45) is 5.92 Å². The topological polar surface area (TPSA) is 53.6 Å². The van der Waals surface area contributed by atoms with Crippen LogP contribution in [0, 0.1) is 5.92 Å². The number of alkyl carbamates (subject to hydrolysis) is 1. The number of likely N-dealkylation sites (tertiary alicyclic amines) is 1. The molecule has 0 radical (unpaired) electrons. The molecule has 2 N–H and O–H groups in total. The van der Waals surface area contributed by atoms with Crippen molar-refractivity contribution >= 4 is 6.09 Å². The van der Waals surface area contributed by atoms with Crippen LogP contribution >= 0.6 is 0 Å². The number of amides is 1. The highest BCUT2D eigenvalue weighted by Crippen LogP contribution is 2.24. The van der Waals surface area contributed by atoms with E-state index in [2.05, 4.69) is 29.5 Å². The summed E-state index contributed by atoms with van der Waals surface area (Å²) in [6.07, 6.45) is 5.63. The molecule has 2 fully saturated rings. The molecule has 1 aliphatic heterocycles. The summed E-state index contributed by atoms with van der Waals surface area (Å²) in [7, 11) is 2.21. The number of carbonyl (C=O) groups is 1. The van der Waals surface area contributed by atoms with E-state index >= 15 is 0 Å². The second-order valence-corrected chi connectivity index (χ2v) is 8.41. The minimum absolute atomic E-state index is 0.189. The number of nitrogens with one attached hydrogen (secondary N) is 2. The molecule has 1 saturated heterocycles. The Morgan fingerprint density at radius 2 is 1.87 bits per heavy atom. The molecular formula is C18H35N3O2. The van der Waals surface area contributed by atoms with E-state index in [4.69, 9.17) is 4.74 Å². The molecule has 0 aromatic rings. The van der Waals surface area contributed by atoms with Crippen molar-refractivity contribution in [3.05, 3.63) is 0 Å². The predicted molar refractivity (Wildman–Crippen MR) is 93.6 cm³/mol. The Morgan fingerprint density at radius 1 is 1.17 bits per heavy atom. The zero-order valence-electron chi connectivity index (χ0n) is 15.5. The van der Waals surface area contributed by atoms with Gasteiger partial charge in [0.25, 0.3) is 0 Å². The molecule has 5 nitrogen and oxygen atoms in total. The van der Waals surface area contributed by atoms with Crippen LogP contribution in [0.1, 0.15) is 59.8 Å². The molecule has 1 amide bonds. The fourth-order valence-corrected chi connectivity index (χ4v) is 3.88. The van der Waals surface area contributed by atoms with E-state index < -0.39 is 5.60 Å². The third-order valence-electron chi connectivity index (χ3n) is 5.06. The lowest BCUT2D eigenvalue weighted by atomic mass is 9.91. The van der Waals surface area contributed by atoms with Gasteiger partial charge in [0.15, 0.2) is 0 Å². The maximum Gasteiger partial charge on any atom is 0.407 e. The molecule has 4 unspecified atom stereocenters. The van der Waals surface area contributed by atoms with E-state index in [1.54, 1.807) is 0 Å². The van der Waals surface area contributed by atoms with Gasteiger partial charge in [0.05, 0.1) is 0 Å². The summed E-state index contributed by atoms with van der Waals surface area (Å²) in [5, 5.41) is 6.86. The van der Waals surface area contributed by atoms with E-state index in [1.165, 1.54) is 25.9 Å². The number of nitrogens with zero attached hydrogens (tertiary/aromatic N) is 1. The molecule has 0 bridgehead atoms. The van der Waals surface area contributed by atoms with Gasteiger partial charge in [0, 0.05) is 24.7 Å². The van der Waals surface area contributed by atoms with Gasteiger partial charge < -0.3 is 20.3 Å². The highest BCUT2D eigenvalue weighted by molar-refractivity contribution is 5.68. The van der Waals surface area contributed by atoms with Crippen LogP contribution in [0.3, 0.4) is 0 Å². The normalized spacial score (nSPS) is 30.9. The molecule has 0 spiro atoms. The number of carbonyl (C=O) groups excluding carboxylic acids is 1. The van der Waals surface area contributed by atoms with Crippen LogP contribution in [0.2, 0.25) is 0 Å². The van der Waals surface area contributed by atoms with E-state index in [0.717, 1.165) is 19.3 Å². The van der Waals surface area contributed by atoms with Gasteiger partial charge in [-0.05, 0) is 79.3 Å². The van der Waals surface area contributed by atoms with Crippen molar-refractivity contribution in [3.63, 3.8) is 0 Å². The third-order valence-corrected chi connectivity index (χ3v) is 5.06. The monoisotopic (exact) mass is 325 g/mol. The fourth-order valence-electron chi connectivity index (χ4n) is 3.88. The minimum atomic E-state index is -0.439. The molecule has 5 heteroatoms. The smallest absolute Gasteiger partial charge is 0.407 e. The van der Waals surface area contributed by atoms with Crippen molar-refractivity contribution in [2.75, 3.05) is 20.1 Å². The van der Waals surface area contributed by atoms with E-state index in [0.29, 0.717) is 18.0 Å². The van der Waals surface area contributed by atoms with Crippen LogP contribution in [-0.2, 0) is 4.74 Å². The summed E-state index contributed by atoms with van der Waals surface area (Å²) in [6, 6.07) is 1.04. The van der Waals surface area contributed by atoms with E-state index in [-0.39, 0.29) is 12.1 Å². The lowest BCUT2D eigenvalue weighted by molar-refractivity contribution is 0.0495. The van der Waals surface area contributed by atoms with Gasteiger partial charge in [-0.3, -0.25) is 0 Å². The van der Waals surface area contributed by atoms with Gasteiger partial charge in [-0.15, -0.1) is 0 Å². The lowest BCUT2D eigenvalue weighted by Gasteiger charge is -2.36. The van der Waals surface area contributed by atoms with Crippen LogP contribution in [0.15, 0.2) is 0 Å². The fraction of sp³-hybridized carbons (Fsp3) is 0.944. The maximum absolute atomic E-state index is 12.0. The zero-order chi connectivity index (χ0) is 17.0. The first-order valence-electron chi connectivity index (χ1n) is 9.19. The first-order chi connectivity index (χ1) is 10.7. The Kier molecular flexibility index (Phi) is 6.32. The number of hydrogen-bond donors (Lipinski definition) is 2. The van der Waals surface area contributed by atoms with Crippen LogP contribution < -0.4 is 10.6 Å². The molecule has 23 heavy (non-hydrogen) atoms. The molecule has 1 saturated carbocycles. The first kappa shape index (κ1) is 18.5. The number of piperidine rings is 1. The van der Waals surface area contributed by atoms with Crippen molar-refractivity contribution < 1.29 is 9.53 Å². The van der Waals surface area contributed by atoms with Crippen molar-refractivity contribution in [1.29, 1.82) is 0 Å². The van der Waals surface area contributed by atoms with Crippen LogP contribution in [0.25, 0.3) is 0 Å². The number of ether oxygens (including phenoxy) is 1. The second-order valence-electron chi connectivity index (χ2n) is 8.41. The van der Waals surface area contributed by atoms with Gasteiger partial charge in [-0.25, -0.2) is 4.79 Å². The molecule has 1 aliphatic carbocycles. The average Bonchev–Trinajstić information content (AvgIpc) is 2.83. The summed E-state index contributed by atoms with van der Waals surface area (Å²) >= 11 is 0. The molecule has 1 heterocycles. The second kappa shape index (κ2) is 7.84. The SMILES string of the molecule is CC(NC1CCCC1NC(=O)OC(C)(C)C)C1CCCN(C)C1. The highest BCUT2D eigenvalue weighted by Gasteiger charge is 2.33. The minimum Gasteiger partial charge on any atom is -0.444 e. The van der Waals surface area contributed by atoms with Gasteiger partial charge in [0.1, 0.15) is 5.60 Å². The van der Waals surface area contributed by atoms with Gasteiger partial charge in [0.2, 0.25) is 0 Å². The highest BCUT2D eigenvalue weighted by atomic mass is 16.6. The maximum atomic E-state index is 12.0. The van der Waals surface area contributed by atoms with Gasteiger partial charge >= 0.3 is 6.09 Å². The number of rotatable bonds is 4. The molecule has 4 atom stereocenters. The van der Waals surface area contributed by atoms with Gasteiger partial charge in [-0.1, -0.05) is 0 Å². The predicted octanol–water partition coefficient (Wildman–Crippen LogP) is 2.75. The first-order valence-corrected chi connectivity index (χ1v) is 9.19. The largest absolute Gasteiger partial charge is 0.444 e. The van der Waals surface area contributed by atoms with Crippen molar-refractivity contribution in [3.8, 4) is 0 Å². The summed E-state index contributed by atoms with van der Waals surface area (Å²) < 4.78 is 5.40. The Morgan fingerprint density at radius 3 is 2.52 bits per heavy atom. The summed E-state index contributed by atoms with van der Waals surface area (Å²) in [4.78, 5) is 14.5. The molecular weight excluding hydrogens is 290 g/mol. The molecule has 2 aliphatic rings. The Balaban J connectivity index is 1.82. The third kappa shape index (κ3) is 5.96. The Bertz CT molecular complexity index is 394. The molecule has 0 aromatic heterocycles. The number of hydrogen-bond acceptors (Lipinski definition) is 4. The quantitative estimate of drug-likeness (QED) is 0.834. The molecule has 2 rings (SSSR count). The molecule has 134 valence electrons. The summed E-state index contributed by atoms with van der Waals surface area (Å²) in [5.41, 5.74) is -0.439. The zero-order valence-corrected chi connectivity index (χ0v) is 15.5. The van der Waals surface area contributed by atoms with Crippen molar-refractivity contribution in [1.82, 2.24) is 15.5 Å². The van der Waals surface area contributed by atoms with Gasteiger partial charge in [-0.2, -0.15) is 0 Å². The van der Waals surface area contributed by atoms with E-state index in [1.807, 2.05) is 20.8 Å². The lowest BCUT2D eigenvalue weighted by Crippen LogP contribution is -2.53. The molecule has 0 aromatic carbocycles. The van der Waals surface area contributed by atoms with Crippen LogP contribution in [-0.4, -0.2) is 54.9 Å². The average molecular weight is 325 g/mol. The van der Waals surface area contributed by atoms with Crippen molar-refractivity contribution in [2.45, 2.75) is 83.5 Å². The van der Waals surface area contributed by atoms with Crippen LogP contribution in [0.4, 0.5) is 4.79 Å². The van der Waals surface area contributed by atoms with Crippen LogP contribution in [0.5, 0.6) is 0 Å². The summed E-state index contributed by atoms with van der Waals surface area (Å²) in [5.74, 6) is 0.705.